The molecule has 1 unspecified atom stereocenters. The first-order valence-corrected chi connectivity index (χ1v) is 8.47. The highest BCUT2D eigenvalue weighted by molar-refractivity contribution is 5.76. The number of carbonyl (C=O) groups is 1. The number of benzene rings is 1. The maximum Gasteiger partial charge on any atom is 0.220 e. The number of halogens is 2. The number of carbonyl (C=O) groups excluding carboxylic acids is 1. The van der Waals surface area contributed by atoms with Gasteiger partial charge >= 0.3 is 0 Å². The van der Waals surface area contributed by atoms with Gasteiger partial charge < -0.3 is 10.2 Å². The fourth-order valence-electron chi connectivity index (χ4n) is 2.98. The van der Waals surface area contributed by atoms with Crippen LogP contribution in [0.3, 0.4) is 0 Å². The Bertz CT molecular complexity index is 516. The summed E-state index contributed by atoms with van der Waals surface area (Å²) >= 11 is 0. The highest BCUT2D eigenvalue weighted by atomic mass is 19.2. The van der Waals surface area contributed by atoms with Crippen LogP contribution < -0.4 is 5.32 Å². The molecule has 0 aromatic heterocycles. The van der Waals surface area contributed by atoms with E-state index in [1.807, 2.05) is 0 Å². The van der Waals surface area contributed by atoms with E-state index in [9.17, 15) is 13.6 Å². The van der Waals surface area contributed by atoms with Crippen molar-refractivity contribution in [2.24, 2.45) is 5.92 Å². The monoisotopic (exact) mass is 324 g/mol. The van der Waals surface area contributed by atoms with E-state index in [0.29, 0.717) is 30.9 Å². The number of hydrogen-bond acceptors (Lipinski definition) is 2. The lowest BCUT2D eigenvalue weighted by atomic mass is 10.1. The van der Waals surface area contributed by atoms with Gasteiger partial charge in [-0.1, -0.05) is 19.4 Å². The van der Waals surface area contributed by atoms with Gasteiger partial charge in [-0.2, -0.15) is 0 Å². The Morgan fingerprint density at radius 2 is 1.96 bits per heavy atom. The summed E-state index contributed by atoms with van der Waals surface area (Å²) in [5.74, 6) is -1.34. The molecule has 1 atom stereocenters. The van der Waals surface area contributed by atoms with E-state index in [2.05, 4.69) is 17.1 Å². The first-order valence-electron chi connectivity index (χ1n) is 8.47. The third-order valence-corrected chi connectivity index (χ3v) is 4.29. The van der Waals surface area contributed by atoms with Gasteiger partial charge in [-0.15, -0.1) is 0 Å². The standard InChI is InChI=1S/C18H26F2N2O/c1-14(13-22-9-3-2-4-10-22)12-21-18(23)8-6-15-5-7-16(19)17(20)11-15/h5,7,11,14H,2-4,6,8-10,12-13H2,1H3,(H,21,23). The van der Waals surface area contributed by atoms with Gasteiger partial charge in [0.25, 0.3) is 0 Å². The Kier molecular flexibility index (Phi) is 6.96. The molecule has 0 aliphatic carbocycles. The molecule has 23 heavy (non-hydrogen) atoms. The van der Waals surface area contributed by atoms with Crippen molar-refractivity contribution in [2.75, 3.05) is 26.2 Å². The van der Waals surface area contributed by atoms with Gasteiger partial charge in [0.15, 0.2) is 11.6 Å². The summed E-state index contributed by atoms with van der Waals surface area (Å²) in [4.78, 5) is 14.3. The molecule has 1 saturated heterocycles. The molecular formula is C18H26F2N2O. The molecule has 3 nitrogen and oxygen atoms in total. The number of amides is 1. The largest absolute Gasteiger partial charge is 0.356 e. The Morgan fingerprint density at radius 1 is 1.22 bits per heavy atom. The number of likely N-dealkylation sites (tertiary alicyclic amines) is 1. The van der Waals surface area contributed by atoms with Crippen molar-refractivity contribution in [3.05, 3.63) is 35.4 Å². The van der Waals surface area contributed by atoms with Crippen LogP contribution in [-0.4, -0.2) is 37.0 Å². The summed E-state index contributed by atoms with van der Waals surface area (Å²) in [5, 5.41) is 2.93. The Morgan fingerprint density at radius 3 is 2.65 bits per heavy atom. The quantitative estimate of drug-likeness (QED) is 0.836. The van der Waals surface area contributed by atoms with Crippen molar-refractivity contribution in [3.8, 4) is 0 Å². The molecule has 128 valence electrons. The number of aryl methyl sites for hydroxylation is 1. The number of rotatable bonds is 7. The fraction of sp³-hybridized carbons (Fsp3) is 0.611. The van der Waals surface area contributed by atoms with Crippen LogP contribution in [0.4, 0.5) is 8.78 Å². The predicted octanol–water partition coefficient (Wildman–Crippen LogP) is 3.14. The molecule has 1 aliphatic heterocycles. The lowest BCUT2D eigenvalue weighted by molar-refractivity contribution is -0.121. The van der Waals surface area contributed by atoms with Gasteiger partial charge in [0.05, 0.1) is 0 Å². The minimum absolute atomic E-state index is 0.0415. The highest BCUT2D eigenvalue weighted by Crippen LogP contribution is 2.11. The van der Waals surface area contributed by atoms with Crippen molar-refractivity contribution in [3.63, 3.8) is 0 Å². The van der Waals surface area contributed by atoms with Crippen LogP contribution in [0, 0.1) is 17.6 Å². The topological polar surface area (TPSA) is 32.3 Å². The SMILES string of the molecule is CC(CNC(=O)CCc1ccc(F)c(F)c1)CN1CCCCC1. The molecule has 5 heteroatoms. The molecule has 2 rings (SSSR count). The van der Waals surface area contributed by atoms with E-state index in [4.69, 9.17) is 0 Å². The molecule has 1 aromatic carbocycles. The van der Waals surface area contributed by atoms with Gasteiger partial charge in [-0.05, 0) is 56.0 Å². The average Bonchev–Trinajstić information content (AvgIpc) is 2.55. The molecule has 1 amide bonds. The van der Waals surface area contributed by atoms with Crippen molar-refractivity contribution in [2.45, 2.75) is 39.0 Å². The predicted molar refractivity (Wildman–Crippen MR) is 87.1 cm³/mol. The molecule has 1 aromatic rings. The minimum Gasteiger partial charge on any atom is -0.356 e. The van der Waals surface area contributed by atoms with Crippen LogP contribution in [0.2, 0.25) is 0 Å². The fourth-order valence-corrected chi connectivity index (χ4v) is 2.98. The molecular weight excluding hydrogens is 298 g/mol. The van der Waals surface area contributed by atoms with Crippen LogP contribution in [-0.2, 0) is 11.2 Å². The molecule has 1 aliphatic rings. The second kappa shape index (κ2) is 8.96. The van der Waals surface area contributed by atoms with Gasteiger partial charge in [0.1, 0.15) is 0 Å². The lowest BCUT2D eigenvalue weighted by Gasteiger charge is -2.29. The zero-order valence-corrected chi connectivity index (χ0v) is 13.8. The van der Waals surface area contributed by atoms with Gasteiger partial charge in [0.2, 0.25) is 5.91 Å². The van der Waals surface area contributed by atoms with Crippen molar-refractivity contribution in [1.82, 2.24) is 10.2 Å². The molecule has 0 saturated carbocycles. The van der Waals surface area contributed by atoms with Crippen molar-refractivity contribution < 1.29 is 13.6 Å². The minimum atomic E-state index is -0.863. The van der Waals surface area contributed by atoms with E-state index in [1.165, 1.54) is 25.3 Å². The maximum absolute atomic E-state index is 13.1. The second-order valence-electron chi connectivity index (χ2n) is 6.52. The Labute approximate surface area is 137 Å². The number of nitrogens with zero attached hydrogens (tertiary/aromatic N) is 1. The lowest BCUT2D eigenvalue weighted by Crippen LogP contribution is -2.38. The van der Waals surface area contributed by atoms with E-state index >= 15 is 0 Å². The summed E-state index contributed by atoms with van der Waals surface area (Å²) in [7, 11) is 0. The van der Waals surface area contributed by atoms with Crippen LogP contribution in [0.5, 0.6) is 0 Å². The molecule has 0 bridgehead atoms. The zero-order chi connectivity index (χ0) is 16.7. The number of hydrogen-bond donors (Lipinski definition) is 1. The van der Waals surface area contributed by atoms with Crippen molar-refractivity contribution >= 4 is 5.91 Å². The van der Waals surface area contributed by atoms with Crippen molar-refractivity contribution in [1.29, 1.82) is 0 Å². The molecule has 0 radical (unpaired) electrons. The van der Waals surface area contributed by atoms with Crippen LogP contribution >= 0.6 is 0 Å². The second-order valence-corrected chi connectivity index (χ2v) is 6.52. The van der Waals surface area contributed by atoms with Gasteiger partial charge in [-0.25, -0.2) is 8.78 Å². The average molecular weight is 324 g/mol. The van der Waals surface area contributed by atoms with E-state index in [0.717, 1.165) is 31.8 Å². The Balaban J connectivity index is 1.65. The summed E-state index contributed by atoms with van der Waals surface area (Å²) in [6, 6.07) is 3.77. The first kappa shape index (κ1) is 17.9. The highest BCUT2D eigenvalue weighted by Gasteiger charge is 2.14. The third-order valence-electron chi connectivity index (χ3n) is 4.29. The van der Waals surface area contributed by atoms with Gasteiger partial charge in [0, 0.05) is 19.5 Å². The molecule has 1 heterocycles. The van der Waals surface area contributed by atoms with Crippen LogP contribution in [0.15, 0.2) is 18.2 Å². The van der Waals surface area contributed by atoms with E-state index in [1.54, 1.807) is 0 Å². The summed E-state index contributed by atoms with van der Waals surface area (Å²) < 4.78 is 25.9. The maximum atomic E-state index is 13.1. The molecule has 0 spiro atoms. The van der Waals surface area contributed by atoms with Gasteiger partial charge in [-0.3, -0.25) is 4.79 Å². The van der Waals surface area contributed by atoms with Crippen LogP contribution in [0.1, 0.15) is 38.2 Å². The Hall–Kier alpha value is -1.49. The normalized spacial score (nSPS) is 17.0. The van der Waals surface area contributed by atoms with Crippen LogP contribution in [0.25, 0.3) is 0 Å². The summed E-state index contributed by atoms with van der Waals surface area (Å²) in [5.41, 5.74) is 0.639. The summed E-state index contributed by atoms with van der Waals surface area (Å²) in [6.45, 7) is 6.14. The third kappa shape index (κ3) is 6.26. The number of nitrogens with one attached hydrogen (secondary N) is 1. The summed E-state index contributed by atoms with van der Waals surface area (Å²) in [6.07, 6.45) is 4.58. The number of piperidine rings is 1. The van der Waals surface area contributed by atoms with E-state index < -0.39 is 11.6 Å². The molecule has 1 N–H and O–H groups in total. The molecule has 1 fully saturated rings. The zero-order valence-electron chi connectivity index (χ0n) is 13.8. The van der Waals surface area contributed by atoms with E-state index in [-0.39, 0.29) is 5.91 Å². The first-order chi connectivity index (χ1) is 11.0. The smallest absolute Gasteiger partial charge is 0.220 e.